The number of morpholine rings is 1. The lowest BCUT2D eigenvalue weighted by Crippen LogP contribution is -2.42. The lowest BCUT2D eigenvalue weighted by atomic mass is 10.1. The molecule has 9 heteroatoms. The fraction of sp³-hybridized carbons (Fsp3) is 0.407. The van der Waals surface area contributed by atoms with E-state index < -0.39 is 0 Å². The summed E-state index contributed by atoms with van der Waals surface area (Å²) in [6, 6.07) is 7.80. The minimum atomic E-state index is -0.133. The first kappa shape index (κ1) is 25.9. The topological polar surface area (TPSA) is 73.4 Å². The molecule has 0 saturated carbocycles. The molecule has 0 bridgehead atoms. The zero-order valence-electron chi connectivity index (χ0n) is 21.5. The molecular weight excluding hydrogens is 478 g/mol. The number of carbonyl (C=O) groups is 1. The third-order valence-corrected chi connectivity index (χ3v) is 7.49. The second-order valence-corrected chi connectivity index (χ2v) is 9.59. The molecule has 0 aliphatic carbocycles. The molecule has 1 fully saturated rings. The number of fused-ring (bicyclic) bond motifs is 1. The molecule has 8 nitrogen and oxygen atoms in total. The highest BCUT2D eigenvalue weighted by Gasteiger charge is 2.21. The molecule has 0 atom stereocenters. The first-order chi connectivity index (χ1) is 17.4. The second kappa shape index (κ2) is 11.7. The summed E-state index contributed by atoms with van der Waals surface area (Å²) in [7, 11) is 4.70. The zero-order valence-corrected chi connectivity index (χ0v) is 22.3. The SMILES string of the molecule is COc1cc(/C=C/C(=O)N(CCN2CCOCC2)c2nc3c(C)ccc(C)c3s2)cc(OC)c1OC. The van der Waals surface area contributed by atoms with Crippen molar-refractivity contribution in [1.29, 1.82) is 0 Å². The van der Waals surface area contributed by atoms with Crippen LogP contribution in [0.5, 0.6) is 17.2 Å². The first-order valence-electron chi connectivity index (χ1n) is 11.9. The van der Waals surface area contributed by atoms with Crippen LogP contribution in [0.25, 0.3) is 16.3 Å². The average Bonchev–Trinajstić information content (AvgIpc) is 3.36. The number of anilines is 1. The maximum atomic E-state index is 13.5. The van der Waals surface area contributed by atoms with E-state index in [-0.39, 0.29) is 5.91 Å². The summed E-state index contributed by atoms with van der Waals surface area (Å²) in [5.41, 5.74) is 3.98. The van der Waals surface area contributed by atoms with E-state index in [2.05, 4.69) is 30.9 Å². The molecule has 2 aromatic carbocycles. The summed E-state index contributed by atoms with van der Waals surface area (Å²) in [6.45, 7) is 8.58. The van der Waals surface area contributed by atoms with Crippen LogP contribution < -0.4 is 19.1 Å². The quantitative estimate of drug-likeness (QED) is 0.396. The van der Waals surface area contributed by atoms with Gasteiger partial charge in [0.1, 0.15) is 0 Å². The van der Waals surface area contributed by atoms with Gasteiger partial charge < -0.3 is 18.9 Å². The van der Waals surface area contributed by atoms with Crippen molar-refractivity contribution in [3.63, 3.8) is 0 Å². The Kier molecular flexibility index (Phi) is 8.45. The normalized spacial score (nSPS) is 14.4. The van der Waals surface area contributed by atoms with E-state index in [1.54, 1.807) is 49.7 Å². The number of aromatic nitrogens is 1. The maximum Gasteiger partial charge on any atom is 0.252 e. The van der Waals surface area contributed by atoms with Gasteiger partial charge in [-0.1, -0.05) is 23.5 Å². The summed E-state index contributed by atoms with van der Waals surface area (Å²) in [5.74, 6) is 1.44. The van der Waals surface area contributed by atoms with Crippen molar-refractivity contribution in [1.82, 2.24) is 9.88 Å². The van der Waals surface area contributed by atoms with Crippen molar-refractivity contribution in [2.45, 2.75) is 13.8 Å². The highest BCUT2D eigenvalue weighted by Crippen LogP contribution is 2.38. The molecule has 1 amide bonds. The third kappa shape index (κ3) is 5.64. The number of aryl methyl sites for hydroxylation is 2. The van der Waals surface area contributed by atoms with Gasteiger partial charge in [-0.05, 0) is 48.7 Å². The molecule has 0 radical (unpaired) electrons. The smallest absolute Gasteiger partial charge is 0.252 e. The minimum Gasteiger partial charge on any atom is -0.493 e. The monoisotopic (exact) mass is 511 g/mol. The molecule has 1 saturated heterocycles. The van der Waals surface area contributed by atoms with Gasteiger partial charge >= 0.3 is 0 Å². The molecule has 0 N–H and O–H groups in total. The van der Waals surface area contributed by atoms with E-state index in [1.165, 1.54) is 0 Å². The number of amides is 1. The number of nitrogens with zero attached hydrogens (tertiary/aromatic N) is 3. The maximum absolute atomic E-state index is 13.5. The Balaban J connectivity index is 1.64. The Morgan fingerprint density at radius 3 is 2.36 bits per heavy atom. The fourth-order valence-corrected chi connectivity index (χ4v) is 5.33. The Bertz CT molecular complexity index is 1190. The molecule has 1 aliphatic heterocycles. The Morgan fingerprint density at radius 2 is 1.75 bits per heavy atom. The number of ether oxygens (including phenoxy) is 4. The van der Waals surface area contributed by atoms with Crippen LogP contribution >= 0.6 is 11.3 Å². The van der Waals surface area contributed by atoms with Gasteiger partial charge in [0.25, 0.3) is 5.91 Å². The molecule has 4 rings (SSSR count). The van der Waals surface area contributed by atoms with Crippen LogP contribution in [0.3, 0.4) is 0 Å². The van der Waals surface area contributed by atoms with Crippen molar-refractivity contribution >= 4 is 38.7 Å². The highest BCUT2D eigenvalue weighted by atomic mass is 32.1. The fourth-order valence-electron chi connectivity index (χ4n) is 4.18. The molecule has 36 heavy (non-hydrogen) atoms. The van der Waals surface area contributed by atoms with Crippen LogP contribution in [-0.4, -0.2) is 76.5 Å². The summed E-state index contributed by atoms with van der Waals surface area (Å²) in [6.07, 6.45) is 3.34. The first-order valence-corrected chi connectivity index (χ1v) is 12.7. The molecule has 1 aromatic heterocycles. The van der Waals surface area contributed by atoms with Gasteiger partial charge in [-0.25, -0.2) is 4.98 Å². The number of methoxy groups -OCH3 is 3. The van der Waals surface area contributed by atoms with Crippen LogP contribution in [0, 0.1) is 13.8 Å². The number of carbonyl (C=O) groups excluding carboxylic acids is 1. The van der Waals surface area contributed by atoms with Gasteiger partial charge in [0.2, 0.25) is 5.75 Å². The lowest BCUT2D eigenvalue weighted by molar-refractivity contribution is -0.114. The van der Waals surface area contributed by atoms with E-state index in [0.717, 1.165) is 46.5 Å². The number of rotatable bonds is 9. The average molecular weight is 512 g/mol. The summed E-state index contributed by atoms with van der Waals surface area (Å²) < 4.78 is 22.9. The van der Waals surface area contributed by atoms with Gasteiger partial charge in [0.05, 0.1) is 44.8 Å². The summed E-state index contributed by atoms with van der Waals surface area (Å²) in [5, 5.41) is 0.704. The van der Waals surface area contributed by atoms with Crippen molar-refractivity contribution in [2.24, 2.45) is 0 Å². The Labute approximate surface area is 216 Å². The standard InChI is InChI=1S/C27H33N3O5S/c1-18-6-7-19(2)26-24(18)28-27(36-26)30(11-10-29-12-14-35-15-13-29)23(31)9-8-20-16-21(32-3)25(34-5)22(17-20)33-4/h6-9,16-17H,10-15H2,1-5H3/b9-8+. The predicted molar refractivity (Wildman–Crippen MR) is 144 cm³/mol. The van der Waals surface area contributed by atoms with E-state index in [9.17, 15) is 4.79 Å². The van der Waals surface area contributed by atoms with Gasteiger partial charge in [-0.2, -0.15) is 0 Å². The molecular formula is C27H33N3O5S. The van der Waals surface area contributed by atoms with E-state index in [1.807, 2.05) is 12.1 Å². The Hall–Kier alpha value is -3.14. The number of hydrogen-bond acceptors (Lipinski definition) is 8. The molecule has 0 unspecified atom stereocenters. The zero-order chi connectivity index (χ0) is 25.7. The van der Waals surface area contributed by atoms with E-state index >= 15 is 0 Å². The van der Waals surface area contributed by atoms with Gasteiger partial charge in [0.15, 0.2) is 16.6 Å². The molecule has 1 aliphatic rings. The van der Waals surface area contributed by atoms with E-state index in [0.29, 0.717) is 42.1 Å². The number of benzene rings is 2. The molecule has 2 heterocycles. The number of hydrogen-bond donors (Lipinski definition) is 0. The largest absolute Gasteiger partial charge is 0.493 e. The van der Waals surface area contributed by atoms with Crippen LogP contribution in [0.2, 0.25) is 0 Å². The Morgan fingerprint density at radius 1 is 1.08 bits per heavy atom. The second-order valence-electron chi connectivity index (χ2n) is 8.61. The van der Waals surface area contributed by atoms with Gasteiger partial charge in [0, 0.05) is 32.3 Å². The van der Waals surface area contributed by atoms with Gasteiger partial charge in [-0.15, -0.1) is 0 Å². The van der Waals surface area contributed by atoms with Crippen LogP contribution in [0.1, 0.15) is 16.7 Å². The predicted octanol–water partition coefficient (Wildman–Crippen LogP) is 4.32. The summed E-state index contributed by atoms with van der Waals surface area (Å²) >= 11 is 1.56. The summed E-state index contributed by atoms with van der Waals surface area (Å²) in [4.78, 5) is 22.5. The van der Waals surface area contributed by atoms with E-state index in [4.69, 9.17) is 23.9 Å². The molecule has 192 valence electrons. The number of thiazole rings is 1. The van der Waals surface area contributed by atoms with Crippen molar-refractivity contribution < 1.29 is 23.7 Å². The lowest BCUT2D eigenvalue weighted by Gasteiger charge is -2.28. The van der Waals surface area contributed by atoms with Crippen LogP contribution in [-0.2, 0) is 9.53 Å². The van der Waals surface area contributed by atoms with Crippen molar-refractivity contribution in [2.75, 3.05) is 65.6 Å². The van der Waals surface area contributed by atoms with Gasteiger partial charge in [-0.3, -0.25) is 14.6 Å². The molecule has 0 spiro atoms. The molecule has 3 aromatic rings. The van der Waals surface area contributed by atoms with Crippen LogP contribution in [0.15, 0.2) is 30.3 Å². The van der Waals surface area contributed by atoms with Crippen molar-refractivity contribution in [3.05, 3.63) is 47.0 Å². The minimum absolute atomic E-state index is 0.133. The van der Waals surface area contributed by atoms with Crippen molar-refractivity contribution in [3.8, 4) is 17.2 Å². The van der Waals surface area contributed by atoms with Crippen LogP contribution in [0.4, 0.5) is 5.13 Å². The highest BCUT2D eigenvalue weighted by molar-refractivity contribution is 7.22. The third-order valence-electron chi connectivity index (χ3n) is 6.28.